The van der Waals surface area contributed by atoms with E-state index in [0.717, 1.165) is 45.2 Å². The van der Waals surface area contributed by atoms with Crippen molar-refractivity contribution in [1.29, 1.82) is 0 Å². The van der Waals surface area contributed by atoms with Gasteiger partial charge in [-0.1, -0.05) is 24.3 Å². The fourth-order valence-corrected chi connectivity index (χ4v) is 6.24. The number of rotatable bonds is 6. The van der Waals surface area contributed by atoms with Gasteiger partial charge in [-0.25, -0.2) is 0 Å². The zero-order valence-electron chi connectivity index (χ0n) is 17.4. The van der Waals surface area contributed by atoms with Gasteiger partial charge in [0.25, 0.3) is 0 Å². The minimum atomic E-state index is 0.232. The minimum Gasteiger partial charge on any atom is -0.492 e. The lowest BCUT2D eigenvalue weighted by atomic mass is 10.0. The topological polar surface area (TPSA) is 21.7 Å². The molecule has 2 aromatic carbocycles. The van der Waals surface area contributed by atoms with Crippen LogP contribution in [0.2, 0.25) is 0 Å². The molecule has 29 heavy (non-hydrogen) atoms. The van der Waals surface area contributed by atoms with Crippen LogP contribution < -0.4 is 4.74 Å². The number of fused-ring (bicyclic) bond motifs is 1. The van der Waals surface area contributed by atoms with Crippen molar-refractivity contribution in [2.24, 2.45) is 0 Å². The van der Waals surface area contributed by atoms with Gasteiger partial charge in [0.2, 0.25) is 0 Å². The second-order valence-corrected chi connectivity index (χ2v) is 11.6. The first-order valence-corrected chi connectivity index (χ1v) is 11.9. The van der Waals surface area contributed by atoms with Gasteiger partial charge in [0.05, 0.1) is 17.3 Å². The summed E-state index contributed by atoms with van der Waals surface area (Å²) in [6.07, 6.45) is 2.25. The van der Waals surface area contributed by atoms with Gasteiger partial charge in [0.1, 0.15) is 12.4 Å². The molecule has 0 aliphatic carbocycles. The Morgan fingerprint density at radius 1 is 1.07 bits per heavy atom. The van der Waals surface area contributed by atoms with Crippen molar-refractivity contribution in [3.05, 3.63) is 53.6 Å². The number of morpholine rings is 1. The van der Waals surface area contributed by atoms with Crippen LogP contribution in [0.15, 0.2) is 52.3 Å². The van der Waals surface area contributed by atoms with Gasteiger partial charge in [-0.05, 0) is 61.7 Å². The van der Waals surface area contributed by atoms with Gasteiger partial charge < -0.3 is 9.47 Å². The molecule has 0 spiro atoms. The summed E-state index contributed by atoms with van der Waals surface area (Å²) in [4.78, 5) is 5.18. The van der Waals surface area contributed by atoms with E-state index in [0.29, 0.717) is 0 Å². The molecule has 0 amide bonds. The fraction of sp³-hybridized carbons (Fsp3) is 0.417. The van der Waals surface area contributed by atoms with Crippen LogP contribution >= 0.6 is 23.5 Å². The van der Waals surface area contributed by atoms with Gasteiger partial charge in [-0.15, -0.1) is 23.5 Å². The Labute approximate surface area is 182 Å². The third kappa shape index (κ3) is 5.60. The average Bonchev–Trinajstić information content (AvgIpc) is 3.03. The fourth-order valence-electron chi connectivity index (χ4n) is 3.58. The zero-order valence-corrected chi connectivity index (χ0v) is 19.1. The quantitative estimate of drug-likeness (QED) is 0.534. The van der Waals surface area contributed by atoms with Gasteiger partial charge in [0.15, 0.2) is 0 Å². The van der Waals surface area contributed by atoms with Crippen LogP contribution in [0.1, 0.15) is 31.9 Å². The molecule has 2 heterocycles. The lowest BCUT2D eigenvalue weighted by molar-refractivity contribution is 0.0322. The Bertz CT molecular complexity index is 871. The van der Waals surface area contributed by atoms with Gasteiger partial charge in [-0.2, -0.15) is 0 Å². The smallest absolute Gasteiger partial charge is 0.119 e. The van der Waals surface area contributed by atoms with Crippen LogP contribution in [-0.2, 0) is 4.74 Å². The summed E-state index contributed by atoms with van der Waals surface area (Å²) in [6.45, 7) is 12.1. The first kappa shape index (κ1) is 20.9. The monoisotopic (exact) mass is 427 g/mol. The third-order valence-electron chi connectivity index (χ3n) is 5.15. The molecule has 0 bridgehead atoms. The van der Waals surface area contributed by atoms with E-state index in [4.69, 9.17) is 9.47 Å². The summed E-state index contributed by atoms with van der Waals surface area (Å²) in [6, 6.07) is 15.2. The van der Waals surface area contributed by atoms with Crippen LogP contribution in [0.4, 0.5) is 0 Å². The molecule has 2 aliphatic heterocycles. The van der Waals surface area contributed by atoms with Crippen molar-refractivity contribution in [3.8, 4) is 5.75 Å². The molecule has 154 valence electrons. The second kappa shape index (κ2) is 9.17. The molecule has 0 unspecified atom stereocenters. The highest BCUT2D eigenvalue weighted by atomic mass is 32.2. The average molecular weight is 428 g/mol. The Morgan fingerprint density at radius 2 is 1.79 bits per heavy atom. The maximum Gasteiger partial charge on any atom is 0.119 e. The van der Waals surface area contributed by atoms with Crippen LogP contribution in [-0.4, -0.2) is 48.4 Å². The van der Waals surface area contributed by atoms with Gasteiger partial charge in [-0.3, -0.25) is 4.90 Å². The van der Waals surface area contributed by atoms with Crippen LogP contribution in [0.5, 0.6) is 5.75 Å². The standard InChI is InChI=1S/C24H29NO2S2/c1-18(20-6-9-22-23(17-20)29-24(2,3)28-22)16-19-4-7-21(8-5-19)27-15-12-25-10-13-26-14-11-25/h4-9,16-17H,10-15H2,1-3H3/b18-16+. The molecule has 3 nitrogen and oxygen atoms in total. The van der Waals surface area contributed by atoms with Crippen molar-refractivity contribution >= 4 is 35.2 Å². The Balaban J connectivity index is 1.35. The molecule has 1 saturated heterocycles. The largest absolute Gasteiger partial charge is 0.492 e. The van der Waals surface area contributed by atoms with E-state index in [1.165, 1.54) is 26.5 Å². The molecular formula is C24H29NO2S2. The van der Waals surface area contributed by atoms with E-state index < -0.39 is 0 Å². The molecule has 5 heteroatoms. The Kier molecular flexibility index (Phi) is 6.60. The first-order chi connectivity index (χ1) is 14.0. The highest BCUT2D eigenvalue weighted by Crippen LogP contribution is 2.55. The number of hydrogen-bond donors (Lipinski definition) is 0. The van der Waals surface area contributed by atoms with E-state index in [-0.39, 0.29) is 4.08 Å². The maximum absolute atomic E-state index is 5.91. The van der Waals surface area contributed by atoms with Crippen LogP contribution in [0, 0.1) is 0 Å². The van der Waals surface area contributed by atoms with E-state index in [9.17, 15) is 0 Å². The summed E-state index contributed by atoms with van der Waals surface area (Å²) in [5.74, 6) is 0.932. The molecule has 2 aromatic rings. The van der Waals surface area contributed by atoms with Crippen molar-refractivity contribution in [2.75, 3.05) is 39.5 Å². The van der Waals surface area contributed by atoms with Crippen molar-refractivity contribution < 1.29 is 9.47 Å². The molecule has 0 N–H and O–H groups in total. The van der Waals surface area contributed by atoms with Crippen molar-refractivity contribution in [1.82, 2.24) is 4.90 Å². The summed E-state index contributed by atoms with van der Waals surface area (Å²) < 4.78 is 11.5. The number of hydrogen-bond acceptors (Lipinski definition) is 5. The number of thioether (sulfide) groups is 2. The SMILES string of the molecule is C/C(=C\c1ccc(OCCN2CCOCC2)cc1)c1ccc2c(c1)SC(C)(C)S2. The van der Waals surface area contributed by atoms with E-state index in [1.54, 1.807) is 0 Å². The van der Waals surface area contributed by atoms with Gasteiger partial charge >= 0.3 is 0 Å². The van der Waals surface area contributed by atoms with E-state index >= 15 is 0 Å². The van der Waals surface area contributed by atoms with Crippen LogP contribution in [0.25, 0.3) is 11.6 Å². The summed E-state index contributed by atoms with van der Waals surface area (Å²) in [7, 11) is 0. The van der Waals surface area contributed by atoms with Crippen LogP contribution in [0.3, 0.4) is 0 Å². The number of benzene rings is 2. The maximum atomic E-state index is 5.91. The lowest BCUT2D eigenvalue weighted by Crippen LogP contribution is -2.38. The van der Waals surface area contributed by atoms with Crippen molar-refractivity contribution in [2.45, 2.75) is 34.6 Å². The molecular weight excluding hydrogens is 398 g/mol. The molecule has 0 atom stereocenters. The number of nitrogens with zero attached hydrogens (tertiary/aromatic N) is 1. The molecule has 4 rings (SSSR count). The summed E-state index contributed by atoms with van der Waals surface area (Å²) >= 11 is 3.91. The number of ether oxygens (including phenoxy) is 2. The molecule has 0 aromatic heterocycles. The van der Waals surface area contributed by atoms with Crippen molar-refractivity contribution in [3.63, 3.8) is 0 Å². The predicted octanol–water partition coefficient (Wildman–Crippen LogP) is 5.89. The molecule has 1 fully saturated rings. The second-order valence-electron chi connectivity index (χ2n) is 7.96. The minimum absolute atomic E-state index is 0.232. The summed E-state index contributed by atoms with van der Waals surface area (Å²) in [5.41, 5.74) is 3.77. The normalized spacial score (nSPS) is 19.2. The Hall–Kier alpha value is -1.40. The molecule has 0 saturated carbocycles. The predicted molar refractivity (Wildman–Crippen MR) is 125 cm³/mol. The Morgan fingerprint density at radius 3 is 2.55 bits per heavy atom. The highest BCUT2D eigenvalue weighted by molar-refractivity contribution is 8.20. The van der Waals surface area contributed by atoms with E-state index in [1.807, 2.05) is 23.5 Å². The number of allylic oxidation sites excluding steroid dienone is 1. The van der Waals surface area contributed by atoms with Gasteiger partial charge in [0, 0.05) is 29.4 Å². The zero-order chi connectivity index (χ0) is 20.3. The highest BCUT2D eigenvalue weighted by Gasteiger charge is 2.30. The lowest BCUT2D eigenvalue weighted by Gasteiger charge is -2.26. The summed E-state index contributed by atoms with van der Waals surface area (Å²) in [5, 5.41) is 0. The molecule has 0 radical (unpaired) electrons. The van der Waals surface area contributed by atoms with E-state index in [2.05, 4.69) is 74.2 Å². The molecule has 2 aliphatic rings. The first-order valence-electron chi connectivity index (χ1n) is 10.2. The third-order valence-corrected chi connectivity index (χ3v) is 7.90.